The Morgan fingerprint density at radius 3 is 2.68 bits per heavy atom. The standard InChI is InChI=1S/C18H14N2O2/c1-22-18(21)14-9-7-13(8-10-14)12-20-17-6-2-5-16-15(17)4-3-11-19-16/h2-12H,1H3. The predicted octanol–water partition coefficient (Wildman–Crippen LogP) is 3.77. The van der Waals surface area contributed by atoms with Crippen molar-refractivity contribution < 1.29 is 9.53 Å². The highest BCUT2D eigenvalue weighted by atomic mass is 16.5. The maximum Gasteiger partial charge on any atom is 0.337 e. The summed E-state index contributed by atoms with van der Waals surface area (Å²) in [7, 11) is 1.37. The van der Waals surface area contributed by atoms with Crippen LogP contribution in [-0.4, -0.2) is 24.3 Å². The first-order valence-electron chi connectivity index (χ1n) is 6.84. The first-order valence-corrected chi connectivity index (χ1v) is 6.84. The number of pyridine rings is 1. The zero-order valence-electron chi connectivity index (χ0n) is 12.1. The molecule has 0 aliphatic rings. The van der Waals surface area contributed by atoms with Gasteiger partial charge < -0.3 is 4.74 Å². The van der Waals surface area contributed by atoms with Crippen molar-refractivity contribution in [3.63, 3.8) is 0 Å². The van der Waals surface area contributed by atoms with Gasteiger partial charge in [-0.05, 0) is 42.0 Å². The minimum Gasteiger partial charge on any atom is -0.465 e. The van der Waals surface area contributed by atoms with Crippen molar-refractivity contribution in [1.82, 2.24) is 4.98 Å². The Bertz CT molecular complexity index is 834. The summed E-state index contributed by atoms with van der Waals surface area (Å²) in [6.07, 6.45) is 3.53. The summed E-state index contributed by atoms with van der Waals surface area (Å²) in [5.41, 5.74) is 3.21. The molecule has 0 bridgehead atoms. The molecule has 0 fully saturated rings. The number of esters is 1. The summed E-state index contributed by atoms with van der Waals surface area (Å²) >= 11 is 0. The van der Waals surface area contributed by atoms with Crippen LogP contribution in [-0.2, 0) is 4.74 Å². The number of ether oxygens (including phenoxy) is 1. The molecule has 0 atom stereocenters. The highest BCUT2D eigenvalue weighted by Gasteiger charge is 2.03. The van der Waals surface area contributed by atoms with Gasteiger partial charge in [-0.25, -0.2) is 4.79 Å². The van der Waals surface area contributed by atoms with E-state index in [2.05, 4.69) is 14.7 Å². The number of aromatic nitrogens is 1. The predicted molar refractivity (Wildman–Crippen MR) is 86.8 cm³/mol. The number of methoxy groups -OCH3 is 1. The second-order valence-corrected chi connectivity index (χ2v) is 4.72. The van der Waals surface area contributed by atoms with Crippen molar-refractivity contribution in [1.29, 1.82) is 0 Å². The molecule has 0 amide bonds. The van der Waals surface area contributed by atoms with E-state index in [4.69, 9.17) is 0 Å². The smallest absolute Gasteiger partial charge is 0.337 e. The van der Waals surface area contributed by atoms with Gasteiger partial charge in [0.25, 0.3) is 0 Å². The van der Waals surface area contributed by atoms with Crippen molar-refractivity contribution in [3.8, 4) is 0 Å². The largest absolute Gasteiger partial charge is 0.465 e. The maximum atomic E-state index is 11.4. The number of benzene rings is 2. The first-order chi connectivity index (χ1) is 10.8. The lowest BCUT2D eigenvalue weighted by Crippen LogP contribution is -2.00. The van der Waals surface area contributed by atoms with E-state index >= 15 is 0 Å². The average Bonchev–Trinajstić information content (AvgIpc) is 2.59. The summed E-state index contributed by atoms with van der Waals surface area (Å²) in [6, 6.07) is 16.8. The van der Waals surface area contributed by atoms with E-state index in [1.54, 1.807) is 24.5 Å². The lowest BCUT2D eigenvalue weighted by Gasteiger charge is -2.01. The van der Waals surface area contributed by atoms with E-state index in [0.29, 0.717) is 5.56 Å². The molecule has 0 N–H and O–H groups in total. The lowest BCUT2D eigenvalue weighted by molar-refractivity contribution is 0.0601. The highest BCUT2D eigenvalue weighted by molar-refractivity contribution is 5.94. The van der Waals surface area contributed by atoms with Crippen LogP contribution in [0.1, 0.15) is 15.9 Å². The molecule has 1 heterocycles. The van der Waals surface area contributed by atoms with E-state index < -0.39 is 0 Å². The van der Waals surface area contributed by atoms with Crippen LogP contribution >= 0.6 is 0 Å². The zero-order chi connectivity index (χ0) is 15.4. The van der Waals surface area contributed by atoms with Crippen LogP contribution in [0.4, 0.5) is 5.69 Å². The fourth-order valence-electron chi connectivity index (χ4n) is 2.17. The quantitative estimate of drug-likeness (QED) is 0.545. The summed E-state index contributed by atoms with van der Waals surface area (Å²) in [4.78, 5) is 20.2. The molecular formula is C18H14N2O2. The number of nitrogens with zero attached hydrogens (tertiary/aromatic N) is 2. The van der Waals surface area contributed by atoms with Crippen molar-refractivity contribution in [2.45, 2.75) is 0 Å². The summed E-state index contributed by atoms with van der Waals surface area (Å²) in [6.45, 7) is 0. The third kappa shape index (κ3) is 2.86. The fraction of sp³-hybridized carbons (Fsp3) is 0.0556. The van der Waals surface area contributed by atoms with Crippen LogP contribution < -0.4 is 0 Å². The summed E-state index contributed by atoms with van der Waals surface area (Å²) in [5, 5.41) is 1.01. The molecule has 3 aromatic rings. The van der Waals surface area contributed by atoms with Gasteiger partial charge in [0.2, 0.25) is 0 Å². The van der Waals surface area contributed by atoms with Crippen LogP contribution in [0, 0.1) is 0 Å². The van der Waals surface area contributed by atoms with Crippen molar-refractivity contribution in [3.05, 3.63) is 71.9 Å². The molecule has 0 saturated heterocycles. The number of fused-ring (bicyclic) bond motifs is 1. The second kappa shape index (κ2) is 6.18. The highest BCUT2D eigenvalue weighted by Crippen LogP contribution is 2.23. The molecule has 0 unspecified atom stereocenters. The number of hydrogen-bond acceptors (Lipinski definition) is 4. The van der Waals surface area contributed by atoms with E-state index in [1.165, 1.54) is 7.11 Å². The van der Waals surface area contributed by atoms with Crippen molar-refractivity contribution in [2.75, 3.05) is 7.11 Å². The second-order valence-electron chi connectivity index (χ2n) is 4.72. The van der Waals surface area contributed by atoms with Gasteiger partial charge in [-0.3, -0.25) is 9.98 Å². The lowest BCUT2D eigenvalue weighted by atomic mass is 10.1. The Labute approximate surface area is 128 Å². The van der Waals surface area contributed by atoms with Crippen LogP contribution in [0.15, 0.2) is 65.8 Å². The topological polar surface area (TPSA) is 51.5 Å². The molecule has 4 heteroatoms. The van der Waals surface area contributed by atoms with Crippen molar-refractivity contribution >= 4 is 28.8 Å². The Hall–Kier alpha value is -3.01. The fourth-order valence-corrected chi connectivity index (χ4v) is 2.17. The van der Waals surface area contributed by atoms with Crippen LogP contribution in [0.25, 0.3) is 10.9 Å². The van der Waals surface area contributed by atoms with Gasteiger partial charge in [-0.15, -0.1) is 0 Å². The van der Waals surface area contributed by atoms with E-state index in [1.807, 2.05) is 42.5 Å². The van der Waals surface area contributed by atoms with E-state index in [-0.39, 0.29) is 5.97 Å². The van der Waals surface area contributed by atoms with Gasteiger partial charge in [0.05, 0.1) is 23.9 Å². The third-order valence-corrected chi connectivity index (χ3v) is 3.31. The van der Waals surface area contributed by atoms with Crippen LogP contribution in [0.5, 0.6) is 0 Å². The molecule has 22 heavy (non-hydrogen) atoms. The Morgan fingerprint density at radius 2 is 1.91 bits per heavy atom. The number of carbonyl (C=O) groups is 1. The molecule has 1 aromatic heterocycles. The van der Waals surface area contributed by atoms with Crippen LogP contribution in [0.2, 0.25) is 0 Å². The first kappa shape index (κ1) is 13.9. The summed E-state index contributed by atoms with van der Waals surface area (Å²) < 4.78 is 4.67. The van der Waals surface area contributed by atoms with E-state index in [9.17, 15) is 4.79 Å². The molecule has 0 spiro atoms. The van der Waals surface area contributed by atoms with Gasteiger partial charge in [-0.1, -0.05) is 18.2 Å². The van der Waals surface area contributed by atoms with Crippen LogP contribution in [0.3, 0.4) is 0 Å². The molecular weight excluding hydrogens is 276 g/mol. The van der Waals surface area contributed by atoms with E-state index in [0.717, 1.165) is 22.2 Å². The Balaban J connectivity index is 1.88. The molecule has 4 nitrogen and oxygen atoms in total. The number of carbonyl (C=O) groups excluding carboxylic acids is 1. The monoisotopic (exact) mass is 290 g/mol. The SMILES string of the molecule is COC(=O)c1ccc(C=Nc2cccc3ncccc23)cc1. The van der Waals surface area contributed by atoms with Gasteiger partial charge in [0.15, 0.2) is 0 Å². The number of rotatable bonds is 3. The zero-order valence-corrected chi connectivity index (χ0v) is 12.1. The third-order valence-electron chi connectivity index (χ3n) is 3.31. The van der Waals surface area contributed by atoms with Gasteiger partial charge >= 0.3 is 5.97 Å². The molecule has 2 aromatic carbocycles. The minimum atomic E-state index is -0.344. The number of aliphatic imine (C=N–C) groups is 1. The minimum absolute atomic E-state index is 0.344. The molecule has 0 aliphatic heterocycles. The Morgan fingerprint density at radius 1 is 1.09 bits per heavy atom. The Kier molecular flexibility index (Phi) is 3.92. The van der Waals surface area contributed by atoms with Crippen molar-refractivity contribution in [2.24, 2.45) is 4.99 Å². The molecule has 0 radical (unpaired) electrons. The molecule has 0 saturated carbocycles. The van der Waals surface area contributed by atoms with Gasteiger partial charge in [0, 0.05) is 17.8 Å². The summed E-state index contributed by atoms with van der Waals surface area (Å²) in [5.74, 6) is -0.344. The molecule has 0 aliphatic carbocycles. The van der Waals surface area contributed by atoms with Gasteiger partial charge in [0.1, 0.15) is 0 Å². The maximum absolute atomic E-state index is 11.4. The molecule has 3 rings (SSSR count). The van der Waals surface area contributed by atoms with Gasteiger partial charge in [-0.2, -0.15) is 0 Å². The normalized spacial score (nSPS) is 11.0. The average molecular weight is 290 g/mol. The number of hydrogen-bond donors (Lipinski definition) is 0. The molecule has 108 valence electrons.